The fraction of sp³-hybridized carbons (Fsp3) is 0.455. The highest BCUT2D eigenvalue weighted by Crippen LogP contribution is 2.12. The maximum absolute atomic E-state index is 5.02. The number of methoxy groups -OCH3 is 1. The quantitative estimate of drug-likeness (QED) is 0.722. The van der Waals surface area contributed by atoms with E-state index in [2.05, 4.69) is 40.2 Å². The van der Waals surface area contributed by atoms with Crippen molar-refractivity contribution in [2.75, 3.05) is 13.7 Å². The summed E-state index contributed by atoms with van der Waals surface area (Å²) in [6.07, 6.45) is 2.13. The average molecular weight is 243 g/mol. The van der Waals surface area contributed by atoms with Crippen molar-refractivity contribution in [2.45, 2.75) is 17.7 Å². The first-order chi connectivity index (χ1) is 6.33. The van der Waals surface area contributed by atoms with Crippen LogP contribution in [0.2, 0.25) is 0 Å². The topological polar surface area (TPSA) is 9.23 Å². The molecule has 1 rings (SSSR count). The van der Waals surface area contributed by atoms with Crippen LogP contribution in [0.25, 0.3) is 0 Å². The zero-order valence-electron chi connectivity index (χ0n) is 7.87. The molecule has 1 aromatic carbocycles. The summed E-state index contributed by atoms with van der Waals surface area (Å²) in [6.45, 7) is 0.822. The van der Waals surface area contributed by atoms with Gasteiger partial charge in [0.05, 0.1) is 0 Å². The molecule has 0 saturated carbocycles. The first-order valence-electron chi connectivity index (χ1n) is 4.50. The highest BCUT2D eigenvalue weighted by molar-refractivity contribution is 9.09. The third-order valence-electron chi connectivity index (χ3n) is 1.94. The van der Waals surface area contributed by atoms with Gasteiger partial charge in [-0.2, -0.15) is 0 Å². The summed E-state index contributed by atoms with van der Waals surface area (Å²) in [6, 6.07) is 10.5. The number of alkyl halides is 1. The Morgan fingerprint density at radius 3 is 2.62 bits per heavy atom. The van der Waals surface area contributed by atoms with Gasteiger partial charge in [-0.15, -0.1) is 0 Å². The van der Waals surface area contributed by atoms with Crippen LogP contribution in [0.3, 0.4) is 0 Å². The van der Waals surface area contributed by atoms with Gasteiger partial charge in [0.1, 0.15) is 0 Å². The second-order valence-corrected chi connectivity index (χ2v) is 4.36. The zero-order chi connectivity index (χ0) is 9.52. The second kappa shape index (κ2) is 6.17. The Morgan fingerprint density at radius 2 is 2.00 bits per heavy atom. The van der Waals surface area contributed by atoms with E-state index in [4.69, 9.17) is 4.74 Å². The molecule has 0 N–H and O–H groups in total. The monoisotopic (exact) mass is 242 g/mol. The smallest absolute Gasteiger partial charge is 0.0473 e. The van der Waals surface area contributed by atoms with Gasteiger partial charge in [0.2, 0.25) is 0 Å². The van der Waals surface area contributed by atoms with Crippen molar-refractivity contribution in [3.05, 3.63) is 35.9 Å². The Bertz CT molecular complexity index is 223. The van der Waals surface area contributed by atoms with Crippen LogP contribution < -0.4 is 0 Å². The summed E-state index contributed by atoms with van der Waals surface area (Å²) in [5.74, 6) is 0. The largest absolute Gasteiger partial charge is 0.385 e. The Labute approximate surface area is 88.2 Å². The Balaban J connectivity index is 2.32. The van der Waals surface area contributed by atoms with Crippen LogP contribution >= 0.6 is 15.9 Å². The van der Waals surface area contributed by atoms with E-state index in [1.165, 1.54) is 5.56 Å². The molecule has 72 valence electrons. The van der Waals surface area contributed by atoms with E-state index < -0.39 is 0 Å². The standard InChI is InChI=1S/C11H15BrO/c1-13-8-7-11(12)9-10-5-3-2-4-6-10/h2-6,11H,7-9H2,1H3. The minimum Gasteiger partial charge on any atom is -0.385 e. The fourth-order valence-corrected chi connectivity index (χ4v) is 1.78. The van der Waals surface area contributed by atoms with Crippen LogP contribution in [0.1, 0.15) is 12.0 Å². The van der Waals surface area contributed by atoms with Gasteiger partial charge >= 0.3 is 0 Å². The van der Waals surface area contributed by atoms with Crippen molar-refractivity contribution in [1.82, 2.24) is 0 Å². The normalized spacial score (nSPS) is 12.8. The minimum atomic E-state index is 0.523. The van der Waals surface area contributed by atoms with Gasteiger partial charge in [-0.25, -0.2) is 0 Å². The molecular weight excluding hydrogens is 228 g/mol. The predicted octanol–water partition coefficient (Wildman–Crippen LogP) is 3.03. The van der Waals surface area contributed by atoms with E-state index in [-0.39, 0.29) is 0 Å². The van der Waals surface area contributed by atoms with Crippen molar-refractivity contribution in [2.24, 2.45) is 0 Å². The van der Waals surface area contributed by atoms with Gasteiger partial charge in [0.25, 0.3) is 0 Å². The number of hydrogen-bond donors (Lipinski definition) is 0. The summed E-state index contributed by atoms with van der Waals surface area (Å²) in [4.78, 5) is 0.523. The van der Waals surface area contributed by atoms with Crippen LogP contribution in [-0.4, -0.2) is 18.5 Å². The summed E-state index contributed by atoms with van der Waals surface area (Å²) in [5.41, 5.74) is 1.38. The molecule has 0 aliphatic heterocycles. The Morgan fingerprint density at radius 1 is 1.31 bits per heavy atom. The molecule has 1 atom stereocenters. The molecular formula is C11H15BrO. The van der Waals surface area contributed by atoms with E-state index in [1.54, 1.807) is 7.11 Å². The number of hydrogen-bond acceptors (Lipinski definition) is 1. The third kappa shape index (κ3) is 4.44. The lowest BCUT2D eigenvalue weighted by Gasteiger charge is -2.08. The molecule has 0 bridgehead atoms. The number of benzene rings is 1. The van der Waals surface area contributed by atoms with Crippen LogP contribution in [0.15, 0.2) is 30.3 Å². The van der Waals surface area contributed by atoms with Gasteiger partial charge in [-0.3, -0.25) is 0 Å². The molecule has 0 amide bonds. The number of rotatable bonds is 5. The third-order valence-corrected chi connectivity index (χ3v) is 2.72. The van der Waals surface area contributed by atoms with Crippen molar-refractivity contribution < 1.29 is 4.74 Å². The zero-order valence-corrected chi connectivity index (χ0v) is 9.46. The Hall–Kier alpha value is -0.340. The van der Waals surface area contributed by atoms with E-state index in [9.17, 15) is 0 Å². The first-order valence-corrected chi connectivity index (χ1v) is 5.41. The maximum Gasteiger partial charge on any atom is 0.0473 e. The molecule has 0 aromatic heterocycles. The van der Waals surface area contributed by atoms with Gasteiger partial charge in [0.15, 0.2) is 0 Å². The van der Waals surface area contributed by atoms with Gasteiger partial charge < -0.3 is 4.74 Å². The second-order valence-electron chi connectivity index (χ2n) is 3.07. The molecule has 1 nitrogen and oxygen atoms in total. The number of ether oxygens (including phenoxy) is 1. The van der Waals surface area contributed by atoms with Gasteiger partial charge in [-0.05, 0) is 18.4 Å². The molecule has 0 radical (unpaired) electrons. The van der Waals surface area contributed by atoms with E-state index in [0.717, 1.165) is 19.4 Å². The highest BCUT2D eigenvalue weighted by Gasteiger charge is 2.04. The summed E-state index contributed by atoms with van der Waals surface area (Å²) < 4.78 is 5.02. The van der Waals surface area contributed by atoms with Gasteiger partial charge in [0, 0.05) is 18.5 Å². The lowest BCUT2D eigenvalue weighted by atomic mass is 10.1. The summed E-state index contributed by atoms with van der Waals surface area (Å²) in [5, 5.41) is 0. The van der Waals surface area contributed by atoms with Crippen molar-refractivity contribution in [3.8, 4) is 0 Å². The lowest BCUT2D eigenvalue weighted by Crippen LogP contribution is -2.06. The molecule has 1 unspecified atom stereocenters. The molecule has 0 spiro atoms. The molecule has 0 aliphatic rings. The van der Waals surface area contributed by atoms with Crippen LogP contribution in [0.4, 0.5) is 0 Å². The minimum absolute atomic E-state index is 0.523. The molecule has 1 aromatic rings. The molecule has 13 heavy (non-hydrogen) atoms. The van der Waals surface area contributed by atoms with Crippen molar-refractivity contribution in [3.63, 3.8) is 0 Å². The van der Waals surface area contributed by atoms with Crippen LogP contribution in [0.5, 0.6) is 0 Å². The van der Waals surface area contributed by atoms with E-state index in [1.807, 2.05) is 6.07 Å². The fourth-order valence-electron chi connectivity index (χ4n) is 1.22. The van der Waals surface area contributed by atoms with Crippen LogP contribution in [0, 0.1) is 0 Å². The Kier molecular flexibility index (Phi) is 5.09. The summed E-state index contributed by atoms with van der Waals surface area (Å²) >= 11 is 3.64. The molecule has 0 heterocycles. The van der Waals surface area contributed by atoms with Crippen molar-refractivity contribution in [1.29, 1.82) is 0 Å². The van der Waals surface area contributed by atoms with E-state index in [0.29, 0.717) is 4.83 Å². The molecule has 0 saturated heterocycles. The summed E-state index contributed by atoms with van der Waals surface area (Å²) in [7, 11) is 1.74. The average Bonchev–Trinajstić information content (AvgIpc) is 2.16. The lowest BCUT2D eigenvalue weighted by molar-refractivity contribution is 0.194. The highest BCUT2D eigenvalue weighted by atomic mass is 79.9. The van der Waals surface area contributed by atoms with Crippen molar-refractivity contribution >= 4 is 15.9 Å². The SMILES string of the molecule is COCCC(Br)Cc1ccccc1. The van der Waals surface area contributed by atoms with Crippen LogP contribution in [-0.2, 0) is 11.2 Å². The molecule has 2 heteroatoms. The number of halogens is 1. The van der Waals surface area contributed by atoms with E-state index >= 15 is 0 Å². The predicted molar refractivity (Wildman–Crippen MR) is 59.4 cm³/mol. The first kappa shape index (κ1) is 10.7. The van der Waals surface area contributed by atoms with Gasteiger partial charge in [-0.1, -0.05) is 46.3 Å². The maximum atomic E-state index is 5.02. The molecule has 0 fully saturated rings. The molecule has 0 aliphatic carbocycles.